The van der Waals surface area contributed by atoms with Crippen LogP contribution in [0.25, 0.3) is 0 Å². The number of benzene rings is 1. The molecule has 2 rings (SSSR count). The summed E-state index contributed by atoms with van der Waals surface area (Å²) in [5.41, 5.74) is -0.563. The van der Waals surface area contributed by atoms with Gasteiger partial charge < -0.3 is 10.2 Å². The Morgan fingerprint density at radius 3 is 2.48 bits per heavy atom. The van der Waals surface area contributed by atoms with Gasteiger partial charge >= 0.3 is 0 Å². The van der Waals surface area contributed by atoms with Crippen molar-refractivity contribution in [1.29, 1.82) is 0 Å². The lowest BCUT2D eigenvalue weighted by Crippen LogP contribution is -2.55. The van der Waals surface area contributed by atoms with Crippen LogP contribution in [-0.4, -0.2) is 40.9 Å². The van der Waals surface area contributed by atoms with Crippen LogP contribution in [0.2, 0.25) is 0 Å². The highest BCUT2D eigenvalue weighted by Crippen LogP contribution is 2.22. The Hall–Kier alpha value is -1.73. The van der Waals surface area contributed by atoms with Crippen LogP contribution in [0.3, 0.4) is 0 Å². The minimum Gasteiger partial charge on any atom is -0.335 e. The Bertz CT molecular complexity index is 545. The molecule has 0 bridgehead atoms. The number of halogens is 2. The maximum Gasteiger partial charge on any atom is 0.282 e. The fourth-order valence-electron chi connectivity index (χ4n) is 2.50. The predicted molar refractivity (Wildman–Crippen MR) is 78.3 cm³/mol. The molecule has 0 aromatic heterocycles. The van der Waals surface area contributed by atoms with Gasteiger partial charge in [-0.25, -0.2) is 4.39 Å². The summed E-state index contributed by atoms with van der Waals surface area (Å²) in [6, 6.07) is 3.12. The van der Waals surface area contributed by atoms with E-state index in [9.17, 15) is 19.3 Å². The monoisotopic (exact) mass is 317 g/mol. The van der Waals surface area contributed by atoms with Crippen LogP contribution in [0.1, 0.15) is 24.2 Å². The van der Waals surface area contributed by atoms with Crippen LogP contribution < -0.4 is 5.32 Å². The quantitative estimate of drug-likeness (QED) is 0.668. The van der Waals surface area contributed by atoms with Crippen LogP contribution >= 0.6 is 12.4 Å². The zero-order valence-corrected chi connectivity index (χ0v) is 12.5. The van der Waals surface area contributed by atoms with Crippen molar-refractivity contribution in [1.82, 2.24) is 10.2 Å². The van der Waals surface area contributed by atoms with E-state index >= 15 is 0 Å². The normalized spacial score (nSPS) is 21.6. The van der Waals surface area contributed by atoms with Gasteiger partial charge in [0, 0.05) is 31.2 Å². The predicted octanol–water partition coefficient (Wildman–Crippen LogP) is 1.98. The number of amides is 1. The number of rotatable bonds is 2. The number of nitro groups is 1. The van der Waals surface area contributed by atoms with Crippen molar-refractivity contribution in [2.24, 2.45) is 0 Å². The summed E-state index contributed by atoms with van der Waals surface area (Å²) in [5, 5.41) is 14.2. The molecule has 8 heteroatoms. The number of piperazine rings is 1. The van der Waals surface area contributed by atoms with Crippen molar-refractivity contribution in [2.75, 3.05) is 13.1 Å². The summed E-state index contributed by atoms with van der Waals surface area (Å²) in [5.74, 6) is -1.16. The molecule has 1 aromatic rings. The average molecular weight is 318 g/mol. The van der Waals surface area contributed by atoms with Crippen molar-refractivity contribution in [3.8, 4) is 0 Å². The maximum atomic E-state index is 13.3. The number of hydrogen-bond acceptors (Lipinski definition) is 4. The molecule has 1 heterocycles. The van der Waals surface area contributed by atoms with Gasteiger partial charge in [0.05, 0.1) is 4.92 Å². The maximum absolute atomic E-state index is 13.3. The summed E-state index contributed by atoms with van der Waals surface area (Å²) in [4.78, 5) is 24.2. The topological polar surface area (TPSA) is 75.5 Å². The summed E-state index contributed by atoms with van der Waals surface area (Å²) >= 11 is 0. The smallest absolute Gasteiger partial charge is 0.282 e. The van der Waals surface area contributed by atoms with Gasteiger partial charge in [-0.05, 0) is 26.0 Å². The molecule has 0 saturated carbocycles. The Morgan fingerprint density at radius 2 is 1.95 bits per heavy atom. The average Bonchev–Trinajstić information content (AvgIpc) is 2.36. The third-order valence-electron chi connectivity index (χ3n) is 3.23. The standard InChI is InChI=1S/C13H16FN3O3.ClH/c1-8-6-16(7-9(2)15-8)13(18)11-5-10(14)3-4-12(11)17(19)20;/h3-5,8-9,15H,6-7H2,1-2H3;1H. The zero-order chi connectivity index (χ0) is 14.9. The molecule has 1 aliphatic rings. The van der Waals surface area contributed by atoms with Gasteiger partial charge in [-0.15, -0.1) is 12.4 Å². The number of carbonyl (C=O) groups excluding carboxylic acids is 1. The molecule has 2 unspecified atom stereocenters. The van der Waals surface area contributed by atoms with Gasteiger partial charge in [-0.1, -0.05) is 0 Å². The molecule has 21 heavy (non-hydrogen) atoms. The molecule has 0 radical (unpaired) electrons. The molecule has 1 aromatic carbocycles. The Morgan fingerprint density at radius 1 is 1.38 bits per heavy atom. The number of nitro benzene ring substituents is 1. The first-order valence-electron chi connectivity index (χ1n) is 6.37. The lowest BCUT2D eigenvalue weighted by atomic mass is 10.1. The molecule has 1 amide bonds. The third-order valence-corrected chi connectivity index (χ3v) is 3.23. The Labute approximate surface area is 127 Å². The molecule has 1 saturated heterocycles. The number of hydrogen-bond donors (Lipinski definition) is 1. The van der Waals surface area contributed by atoms with Gasteiger partial charge in [0.15, 0.2) is 0 Å². The number of carbonyl (C=O) groups is 1. The van der Waals surface area contributed by atoms with Crippen LogP contribution in [0.4, 0.5) is 10.1 Å². The molecule has 0 spiro atoms. The highest BCUT2D eigenvalue weighted by molar-refractivity contribution is 5.98. The zero-order valence-electron chi connectivity index (χ0n) is 11.7. The first-order chi connectivity index (χ1) is 9.38. The molecule has 1 N–H and O–H groups in total. The van der Waals surface area contributed by atoms with Crippen molar-refractivity contribution in [3.05, 3.63) is 39.7 Å². The first-order valence-corrected chi connectivity index (χ1v) is 6.37. The molecule has 116 valence electrons. The highest BCUT2D eigenvalue weighted by Gasteiger charge is 2.30. The molecule has 6 nitrogen and oxygen atoms in total. The second kappa shape index (κ2) is 6.82. The fourth-order valence-corrected chi connectivity index (χ4v) is 2.50. The van der Waals surface area contributed by atoms with E-state index in [1.54, 1.807) is 0 Å². The Kier molecular flexibility index (Phi) is 5.62. The van der Waals surface area contributed by atoms with Crippen molar-refractivity contribution < 1.29 is 14.1 Å². The minimum absolute atomic E-state index is 0. The van der Waals surface area contributed by atoms with Crippen LogP contribution in [0, 0.1) is 15.9 Å². The number of nitrogens with one attached hydrogen (secondary N) is 1. The summed E-state index contributed by atoms with van der Waals surface area (Å²) in [6.45, 7) is 4.74. The SMILES string of the molecule is CC1CN(C(=O)c2cc(F)ccc2[N+](=O)[O-])CC(C)N1.Cl. The molecule has 1 aliphatic heterocycles. The third kappa shape index (κ3) is 3.89. The van der Waals surface area contributed by atoms with E-state index in [-0.39, 0.29) is 35.7 Å². The van der Waals surface area contributed by atoms with Crippen LogP contribution in [-0.2, 0) is 0 Å². The van der Waals surface area contributed by atoms with Crippen molar-refractivity contribution in [2.45, 2.75) is 25.9 Å². The molecule has 0 aliphatic carbocycles. The van der Waals surface area contributed by atoms with Crippen LogP contribution in [0.15, 0.2) is 18.2 Å². The van der Waals surface area contributed by atoms with Crippen LogP contribution in [0.5, 0.6) is 0 Å². The summed E-state index contributed by atoms with van der Waals surface area (Å²) in [7, 11) is 0. The first kappa shape index (κ1) is 17.3. The minimum atomic E-state index is -0.665. The lowest BCUT2D eigenvalue weighted by molar-refractivity contribution is -0.385. The lowest BCUT2D eigenvalue weighted by Gasteiger charge is -2.36. The van der Waals surface area contributed by atoms with Gasteiger partial charge in [0.25, 0.3) is 11.6 Å². The molecular weight excluding hydrogens is 301 g/mol. The highest BCUT2D eigenvalue weighted by atomic mass is 35.5. The van der Waals surface area contributed by atoms with Crippen molar-refractivity contribution in [3.63, 3.8) is 0 Å². The van der Waals surface area contributed by atoms with E-state index in [2.05, 4.69) is 5.32 Å². The molecular formula is C13H17ClFN3O3. The second-order valence-electron chi connectivity index (χ2n) is 5.10. The van der Waals surface area contributed by atoms with E-state index in [1.807, 2.05) is 13.8 Å². The van der Waals surface area contributed by atoms with E-state index in [4.69, 9.17) is 0 Å². The van der Waals surface area contributed by atoms with E-state index < -0.39 is 16.6 Å². The molecule has 2 atom stereocenters. The second-order valence-corrected chi connectivity index (χ2v) is 5.10. The summed E-state index contributed by atoms with van der Waals surface area (Å²) < 4.78 is 13.3. The van der Waals surface area contributed by atoms with E-state index in [1.165, 1.54) is 4.90 Å². The largest absolute Gasteiger partial charge is 0.335 e. The van der Waals surface area contributed by atoms with Crippen molar-refractivity contribution >= 4 is 24.0 Å². The fraction of sp³-hybridized carbons (Fsp3) is 0.462. The van der Waals surface area contributed by atoms with E-state index in [0.717, 1.165) is 18.2 Å². The summed E-state index contributed by atoms with van der Waals surface area (Å²) in [6.07, 6.45) is 0. The Balaban J connectivity index is 0.00000220. The van der Waals surface area contributed by atoms with Gasteiger partial charge in [-0.3, -0.25) is 14.9 Å². The van der Waals surface area contributed by atoms with Gasteiger partial charge in [0.1, 0.15) is 11.4 Å². The van der Waals surface area contributed by atoms with Gasteiger partial charge in [0.2, 0.25) is 0 Å². The van der Waals surface area contributed by atoms with E-state index in [0.29, 0.717) is 13.1 Å². The number of nitrogens with zero attached hydrogens (tertiary/aromatic N) is 2. The molecule has 1 fully saturated rings. The van der Waals surface area contributed by atoms with Gasteiger partial charge in [-0.2, -0.15) is 0 Å².